The van der Waals surface area contributed by atoms with Gasteiger partial charge in [-0.25, -0.2) is 0 Å². The highest BCUT2D eigenvalue weighted by Gasteiger charge is 2.43. The summed E-state index contributed by atoms with van der Waals surface area (Å²) in [4.78, 5) is 4.39. The molecule has 1 aliphatic heterocycles. The molecule has 1 heterocycles. The van der Waals surface area contributed by atoms with Gasteiger partial charge in [0.25, 0.3) is 0 Å². The SMILES string of the molecule is COc1cccc(NC(N)=NCC2COC3(CCC(C)CC3)O2)c1. The predicted octanol–water partition coefficient (Wildman–Crippen LogP) is 2.74. The maximum atomic E-state index is 6.14. The lowest BCUT2D eigenvalue weighted by Crippen LogP contribution is -2.35. The molecule has 1 saturated carbocycles. The van der Waals surface area contributed by atoms with Crippen LogP contribution in [0.2, 0.25) is 0 Å². The van der Waals surface area contributed by atoms with Crippen LogP contribution in [0.1, 0.15) is 32.6 Å². The number of rotatable bonds is 4. The molecule has 6 nitrogen and oxygen atoms in total. The molecule has 0 aromatic heterocycles. The van der Waals surface area contributed by atoms with E-state index in [1.807, 2.05) is 24.3 Å². The van der Waals surface area contributed by atoms with Crippen LogP contribution in [0.25, 0.3) is 0 Å². The summed E-state index contributed by atoms with van der Waals surface area (Å²) in [6, 6.07) is 7.57. The van der Waals surface area contributed by atoms with Crippen LogP contribution in [0.4, 0.5) is 5.69 Å². The van der Waals surface area contributed by atoms with Gasteiger partial charge in [-0.1, -0.05) is 13.0 Å². The summed E-state index contributed by atoms with van der Waals surface area (Å²) in [5.74, 6) is 1.53. The van der Waals surface area contributed by atoms with Crippen molar-refractivity contribution >= 4 is 11.6 Å². The average Bonchev–Trinajstić information content (AvgIpc) is 2.99. The first-order chi connectivity index (χ1) is 11.6. The zero-order valence-electron chi connectivity index (χ0n) is 14.5. The van der Waals surface area contributed by atoms with Crippen molar-refractivity contribution in [2.24, 2.45) is 16.6 Å². The van der Waals surface area contributed by atoms with Crippen molar-refractivity contribution < 1.29 is 14.2 Å². The van der Waals surface area contributed by atoms with E-state index in [0.29, 0.717) is 19.1 Å². The van der Waals surface area contributed by atoms with Crippen molar-refractivity contribution in [1.29, 1.82) is 0 Å². The first kappa shape index (κ1) is 17.0. The summed E-state index contributed by atoms with van der Waals surface area (Å²) in [5, 5.41) is 3.07. The molecular weight excluding hydrogens is 306 g/mol. The molecule has 1 aromatic carbocycles. The van der Waals surface area contributed by atoms with Gasteiger partial charge >= 0.3 is 0 Å². The molecular formula is C18H27N3O3. The lowest BCUT2D eigenvalue weighted by atomic mass is 9.86. The average molecular weight is 333 g/mol. The molecule has 3 N–H and O–H groups in total. The highest BCUT2D eigenvalue weighted by molar-refractivity contribution is 5.92. The monoisotopic (exact) mass is 333 g/mol. The van der Waals surface area contributed by atoms with Gasteiger partial charge in [-0.15, -0.1) is 0 Å². The van der Waals surface area contributed by atoms with Gasteiger partial charge in [0.05, 0.1) is 20.3 Å². The number of guanidine groups is 1. The van der Waals surface area contributed by atoms with Gasteiger partial charge in [0.2, 0.25) is 0 Å². The van der Waals surface area contributed by atoms with E-state index in [4.69, 9.17) is 19.9 Å². The fourth-order valence-electron chi connectivity index (χ4n) is 3.26. The van der Waals surface area contributed by atoms with Crippen molar-refractivity contribution in [2.75, 3.05) is 25.6 Å². The van der Waals surface area contributed by atoms with Crippen LogP contribution in [0, 0.1) is 5.92 Å². The molecule has 0 amide bonds. The van der Waals surface area contributed by atoms with E-state index in [9.17, 15) is 0 Å². The van der Waals surface area contributed by atoms with Crippen molar-refractivity contribution in [2.45, 2.75) is 44.5 Å². The van der Waals surface area contributed by atoms with E-state index in [1.165, 1.54) is 0 Å². The number of anilines is 1. The van der Waals surface area contributed by atoms with Crippen molar-refractivity contribution in [3.05, 3.63) is 24.3 Å². The minimum Gasteiger partial charge on any atom is -0.497 e. The summed E-state index contributed by atoms with van der Waals surface area (Å²) >= 11 is 0. The molecule has 1 saturated heterocycles. The number of benzene rings is 1. The first-order valence-corrected chi connectivity index (χ1v) is 8.61. The Morgan fingerprint density at radius 1 is 1.42 bits per heavy atom. The second-order valence-electron chi connectivity index (χ2n) is 6.73. The Balaban J connectivity index is 1.50. The normalized spacial score (nSPS) is 30.5. The van der Waals surface area contributed by atoms with Gasteiger partial charge in [-0.05, 0) is 30.9 Å². The summed E-state index contributed by atoms with van der Waals surface area (Å²) in [6.45, 7) is 3.37. The summed E-state index contributed by atoms with van der Waals surface area (Å²) < 4.78 is 17.3. The Kier molecular flexibility index (Phi) is 5.26. The fourth-order valence-corrected chi connectivity index (χ4v) is 3.26. The molecule has 1 unspecified atom stereocenters. The number of aliphatic imine (C=N–C) groups is 1. The van der Waals surface area contributed by atoms with E-state index in [-0.39, 0.29) is 11.9 Å². The molecule has 0 bridgehead atoms. The number of methoxy groups -OCH3 is 1. The number of hydrogen-bond donors (Lipinski definition) is 2. The fraction of sp³-hybridized carbons (Fsp3) is 0.611. The molecule has 1 aromatic rings. The minimum absolute atomic E-state index is 0.0240. The van der Waals surface area contributed by atoms with Gasteiger partial charge in [-0.2, -0.15) is 0 Å². The Labute approximate surface area is 143 Å². The molecule has 2 aliphatic rings. The zero-order chi connectivity index (χ0) is 17.0. The highest BCUT2D eigenvalue weighted by Crippen LogP contribution is 2.39. The van der Waals surface area contributed by atoms with E-state index >= 15 is 0 Å². The van der Waals surface area contributed by atoms with Crippen LogP contribution >= 0.6 is 0 Å². The molecule has 6 heteroatoms. The number of nitrogens with zero attached hydrogens (tertiary/aromatic N) is 1. The zero-order valence-corrected chi connectivity index (χ0v) is 14.5. The first-order valence-electron chi connectivity index (χ1n) is 8.61. The molecule has 24 heavy (non-hydrogen) atoms. The van der Waals surface area contributed by atoms with E-state index in [2.05, 4.69) is 17.2 Å². The summed E-state index contributed by atoms with van der Waals surface area (Å²) in [7, 11) is 1.63. The van der Waals surface area contributed by atoms with Crippen LogP contribution in [-0.2, 0) is 9.47 Å². The second-order valence-corrected chi connectivity index (χ2v) is 6.73. The van der Waals surface area contributed by atoms with Crippen molar-refractivity contribution in [3.63, 3.8) is 0 Å². The Morgan fingerprint density at radius 3 is 2.96 bits per heavy atom. The highest BCUT2D eigenvalue weighted by atomic mass is 16.7. The van der Waals surface area contributed by atoms with Gasteiger partial charge in [0.15, 0.2) is 11.7 Å². The van der Waals surface area contributed by atoms with Crippen LogP contribution < -0.4 is 15.8 Å². The molecule has 3 rings (SSSR count). The summed E-state index contributed by atoms with van der Waals surface area (Å²) in [5.41, 5.74) is 6.81. The van der Waals surface area contributed by atoms with Crippen LogP contribution in [-0.4, -0.2) is 38.1 Å². The second kappa shape index (κ2) is 7.40. The standard InChI is InChI=1S/C18H27N3O3/c1-13-6-8-18(9-7-13)23-12-16(24-18)11-20-17(19)21-14-4-3-5-15(10-14)22-2/h3-5,10,13,16H,6-9,11-12H2,1-2H3,(H3,19,20,21). The largest absolute Gasteiger partial charge is 0.497 e. The number of ether oxygens (including phenoxy) is 3. The third-order valence-corrected chi connectivity index (χ3v) is 4.76. The lowest BCUT2D eigenvalue weighted by molar-refractivity contribution is -0.190. The molecule has 1 aliphatic carbocycles. The third-order valence-electron chi connectivity index (χ3n) is 4.76. The number of hydrogen-bond acceptors (Lipinski definition) is 4. The Morgan fingerprint density at radius 2 is 2.21 bits per heavy atom. The molecule has 0 radical (unpaired) electrons. The van der Waals surface area contributed by atoms with Crippen molar-refractivity contribution in [3.8, 4) is 5.75 Å². The Hall–Kier alpha value is -1.79. The molecule has 2 fully saturated rings. The van der Waals surface area contributed by atoms with E-state index < -0.39 is 0 Å². The molecule has 1 spiro atoms. The summed E-state index contributed by atoms with van der Waals surface area (Å²) in [6.07, 6.45) is 4.26. The predicted molar refractivity (Wildman–Crippen MR) is 94.3 cm³/mol. The molecule has 132 valence electrons. The van der Waals surface area contributed by atoms with Crippen LogP contribution in [0.15, 0.2) is 29.3 Å². The van der Waals surface area contributed by atoms with Crippen molar-refractivity contribution in [1.82, 2.24) is 0 Å². The third kappa shape index (κ3) is 4.19. The van der Waals surface area contributed by atoms with E-state index in [0.717, 1.165) is 43.0 Å². The lowest BCUT2D eigenvalue weighted by Gasteiger charge is -2.34. The van der Waals surface area contributed by atoms with E-state index in [1.54, 1.807) is 7.11 Å². The van der Waals surface area contributed by atoms with Gasteiger partial charge in [0, 0.05) is 24.6 Å². The van der Waals surface area contributed by atoms with Gasteiger partial charge < -0.3 is 25.3 Å². The molecule has 1 atom stereocenters. The van der Waals surface area contributed by atoms with Gasteiger partial charge in [-0.3, -0.25) is 4.99 Å². The topological polar surface area (TPSA) is 78.1 Å². The van der Waals surface area contributed by atoms with Gasteiger partial charge in [0.1, 0.15) is 11.9 Å². The quantitative estimate of drug-likeness (QED) is 0.654. The van der Waals surface area contributed by atoms with Crippen LogP contribution in [0.3, 0.4) is 0 Å². The maximum Gasteiger partial charge on any atom is 0.193 e. The van der Waals surface area contributed by atoms with Crippen LogP contribution in [0.5, 0.6) is 5.75 Å². The maximum absolute atomic E-state index is 6.14. The Bertz CT molecular complexity index is 583. The number of nitrogens with two attached hydrogens (primary N) is 1. The number of nitrogens with one attached hydrogen (secondary N) is 1. The smallest absolute Gasteiger partial charge is 0.193 e. The minimum atomic E-state index is -0.373.